The molecule has 0 aliphatic rings. The molecule has 0 bridgehead atoms. The normalized spacial score (nSPS) is 10.0. The van der Waals surface area contributed by atoms with Crippen molar-refractivity contribution in [2.45, 2.75) is 0 Å². The fraction of sp³-hybridized carbons (Fsp3) is 0. The third-order valence-corrected chi connectivity index (χ3v) is 1.73. The van der Waals surface area contributed by atoms with Crippen molar-refractivity contribution in [2.24, 2.45) is 0 Å². The minimum Gasteiger partial charge on any atom is -0.262 e. The molecule has 0 aliphatic heterocycles. The van der Waals surface area contributed by atoms with Gasteiger partial charge in [0.2, 0.25) is 0 Å². The Morgan fingerprint density at radius 1 is 1.43 bits per heavy atom. The molecule has 70 valence electrons. The summed E-state index contributed by atoms with van der Waals surface area (Å²) in [7, 11) is 0. The number of hydrogen-bond donors (Lipinski definition) is 0. The van der Waals surface area contributed by atoms with Gasteiger partial charge in [0.1, 0.15) is 0 Å². The molecule has 2 aromatic rings. The van der Waals surface area contributed by atoms with Crippen LogP contribution in [0.2, 0.25) is 0 Å². The van der Waals surface area contributed by atoms with Crippen molar-refractivity contribution >= 4 is 5.69 Å². The number of rotatable bonds is 2. The average molecular weight is 190 g/mol. The van der Waals surface area contributed by atoms with Gasteiger partial charge in [-0.25, -0.2) is 4.68 Å². The van der Waals surface area contributed by atoms with E-state index in [1.807, 2.05) is 0 Å². The van der Waals surface area contributed by atoms with E-state index in [9.17, 15) is 10.1 Å². The van der Waals surface area contributed by atoms with Crippen LogP contribution < -0.4 is 0 Å². The van der Waals surface area contributed by atoms with Crippen LogP contribution in [0.1, 0.15) is 0 Å². The zero-order chi connectivity index (χ0) is 9.97. The van der Waals surface area contributed by atoms with Crippen LogP contribution in [0.25, 0.3) is 5.69 Å². The molecular formula is C8H6N4O2. The Kier molecular flexibility index (Phi) is 1.94. The standard InChI is InChI=1S/C8H6N4O2/c13-12(14)7-2-4-9-6-8(7)11-5-1-3-10-11/h1-6H. The molecule has 6 nitrogen and oxygen atoms in total. The van der Waals surface area contributed by atoms with Crippen molar-refractivity contribution in [2.75, 3.05) is 0 Å². The Balaban J connectivity index is 2.58. The lowest BCUT2D eigenvalue weighted by Crippen LogP contribution is -2.00. The first-order valence-electron chi connectivity index (χ1n) is 3.87. The number of nitrogens with zero attached hydrogens (tertiary/aromatic N) is 4. The molecule has 2 heterocycles. The molecule has 6 heteroatoms. The van der Waals surface area contributed by atoms with Crippen LogP contribution in [0, 0.1) is 10.1 Å². The van der Waals surface area contributed by atoms with Crippen molar-refractivity contribution in [1.29, 1.82) is 0 Å². The fourth-order valence-electron chi connectivity index (χ4n) is 1.12. The molecule has 0 N–H and O–H groups in total. The summed E-state index contributed by atoms with van der Waals surface area (Å²) in [4.78, 5) is 14.0. The summed E-state index contributed by atoms with van der Waals surface area (Å²) in [6.07, 6.45) is 5.97. The SMILES string of the molecule is O=[N+]([O-])c1ccncc1-n1cccn1. The second-order valence-electron chi connectivity index (χ2n) is 2.57. The Morgan fingerprint density at radius 2 is 2.29 bits per heavy atom. The highest BCUT2D eigenvalue weighted by Gasteiger charge is 2.14. The Bertz CT molecular complexity index is 452. The summed E-state index contributed by atoms with van der Waals surface area (Å²) >= 11 is 0. The van der Waals surface area contributed by atoms with Gasteiger partial charge >= 0.3 is 0 Å². The summed E-state index contributed by atoms with van der Waals surface area (Å²) in [6.45, 7) is 0. The molecule has 0 fully saturated rings. The summed E-state index contributed by atoms with van der Waals surface area (Å²) < 4.78 is 1.41. The Morgan fingerprint density at radius 3 is 2.93 bits per heavy atom. The topological polar surface area (TPSA) is 73.8 Å². The predicted molar refractivity (Wildman–Crippen MR) is 48.0 cm³/mol. The molecular weight excluding hydrogens is 184 g/mol. The summed E-state index contributed by atoms with van der Waals surface area (Å²) in [5.41, 5.74) is 0.353. The number of hydrogen-bond acceptors (Lipinski definition) is 4. The van der Waals surface area contributed by atoms with E-state index < -0.39 is 4.92 Å². The van der Waals surface area contributed by atoms with E-state index >= 15 is 0 Å². The fourth-order valence-corrected chi connectivity index (χ4v) is 1.12. The molecule has 0 spiro atoms. The van der Waals surface area contributed by atoms with E-state index in [4.69, 9.17) is 0 Å². The first-order chi connectivity index (χ1) is 6.79. The van der Waals surface area contributed by atoms with Crippen LogP contribution in [0.5, 0.6) is 0 Å². The highest BCUT2D eigenvalue weighted by molar-refractivity contribution is 5.49. The molecule has 0 saturated heterocycles. The van der Waals surface area contributed by atoms with Crippen molar-refractivity contribution in [3.63, 3.8) is 0 Å². The number of aromatic nitrogens is 3. The first kappa shape index (κ1) is 8.36. The molecule has 0 saturated carbocycles. The largest absolute Gasteiger partial charge is 0.298 e. The zero-order valence-corrected chi connectivity index (χ0v) is 7.07. The van der Waals surface area contributed by atoms with Gasteiger partial charge in [-0.1, -0.05) is 0 Å². The Labute approximate surface area is 79.0 Å². The van der Waals surface area contributed by atoms with E-state index in [1.165, 1.54) is 23.1 Å². The van der Waals surface area contributed by atoms with Gasteiger partial charge in [0.25, 0.3) is 5.69 Å². The number of nitro groups is 1. The van der Waals surface area contributed by atoms with E-state index in [-0.39, 0.29) is 5.69 Å². The molecule has 0 amide bonds. The van der Waals surface area contributed by atoms with E-state index in [1.54, 1.807) is 18.5 Å². The van der Waals surface area contributed by atoms with Crippen LogP contribution in [-0.2, 0) is 0 Å². The smallest absolute Gasteiger partial charge is 0.262 e. The lowest BCUT2D eigenvalue weighted by atomic mass is 10.3. The van der Waals surface area contributed by atoms with E-state index in [2.05, 4.69) is 10.1 Å². The average Bonchev–Trinajstić information content (AvgIpc) is 2.70. The van der Waals surface area contributed by atoms with Gasteiger partial charge in [-0.3, -0.25) is 15.1 Å². The van der Waals surface area contributed by atoms with E-state index in [0.717, 1.165) is 0 Å². The van der Waals surface area contributed by atoms with Gasteiger partial charge in [-0.15, -0.1) is 0 Å². The first-order valence-corrected chi connectivity index (χ1v) is 3.87. The highest BCUT2D eigenvalue weighted by atomic mass is 16.6. The van der Waals surface area contributed by atoms with Crippen LogP contribution >= 0.6 is 0 Å². The lowest BCUT2D eigenvalue weighted by molar-refractivity contribution is -0.384. The van der Waals surface area contributed by atoms with Crippen molar-refractivity contribution in [3.8, 4) is 5.69 Å². The zero-order valence-electron chi connectivity index (χ0n) is 7.07. The predicted octanol–water partition coefficient (Wildman–Crippen LogP) is 1.18. The molecule has 0 atom stereocenters. The van der Waals surface area contributed by atoms with Crippen LogP contribution in [-0.4, -0.2) is 19.7 Å². The van der Waals surface area contributed by atoms with Gasteiger partial charge in [0.15, 0.2) is 5.69 Å². The van der Waals surface area contributed by atoms with Crippen LogP contribution in [0.4, 0.5) is 5.69 Å². The lowest BCUT2D eigenvalue weighted by Gasteiger charge is -2.00. The maximum absolute atomic E-state index is 10.7. The third-order valence-electron chi connectivity index (χ3n) is 1.73. The molecule has 2 aromatic heterocycles. The second-order valence-corrected chi connectivity index (χ2v) is 2.57. The molecule has 2 rings (SSSR count). The monoisotopic (exact) mass is 190 g/mol. The molecule has 0 unspecified atom stereocenters. The van der Waals surface area contributed by atoms with E-state index in [0.29, 0.717) is 5.69 Å². The van der Waals surface area contributed by atoms with Gasteiger partial charge in [-0.2, -0.15) is 5.10 Å². The summed E-state index contributed by atoms with van der Waals surface area (Å²) in [5.74, 6) is 0. The maximum atomic E-state index is 10.7. The highest BCUT2D eigenvalue weighted by Crippen LogP contribution is 2.19. The van der Waals surface area contributed by atoms with Crippen LogP contribution in [0.3, 0.4) is 0 Å². The van der Waals surface area contributed by atoms with Gasteiger partial charge in [-0.05, 0) is 6.07 Å². The minimum absolute atomic E-state index is 0.0105. The van der Waals surface area contributed by atoms with Gasteiger partial charge in [0.05, 0.1) is 11.1 Å². The molecule has 0 aliphatic carbocycles. The quantitative estimate of drug-likeness (QED) is 0.526. The number of pyridine rings is 1. The third kappa shape index (κ3) is 1.33. The Hall–Kier alpha value is -2.24. The van der Waals surface area contributed by atoms with Crippen molar-refractivity contribution < 1.29 is 4.92 Å². The van der Waals surface area contributed by atoms with Crippen LogP contribution in [0.15, 0.2) is 36.9 Å². The van der Waals surface area contributed by atoms with Crippen molar-refractivity contribution in [1.82, 2.24) is 14.8 Å². The summed E-state index contributed by atoms with van der Waals surface area (Å²) in [6, 6.07) is 3.04. The minimum atomic E-state index is -0.460. The maximum Gasteiger partial charge on any atom is 0.298 e. The molecule has 0 radical (unpaired) electrons. The molecule has 0 aromatic carbocycles. The second kappa shape index (κ2) is 3.25. The molecule has 14 heavy (non-hydrogen) atoms. The summed E-state index contributed by atoms with van der Waals surface area (Å²) in [5, 5.41) is 14.6. The van der Waals surface area contributed by atoms with Gasteiger partial charge < -0.3 is 0 Å². The van der Waals surface area contributed by atoms with Gasteiger partial charge in [0, 0.05) is 24.7 Å². The van der Waals surface area contributed by atoms with Crippen molar-refractivity contribution in [3.05, 3.63) is 47.0 Å².